The molecule has 0 aliphatic heterocycles. The van der Waals surface area contributed by atoms with Crippen molar-refractivity contribution < 1.29 is 0 Å². The van der Waals surface area contributed by atoms with Crippen LogP contribution in [0.2, 0.25) is 0 Å². The zero-order valence-electron chi connectivity index (χ0n) is 8.00. The van der Waals surface area contributed by atoms with Crippen molar-refractivity contribution in [2.45, 2.75) is 0 Å². The molecule has 8 heteroatoms. The first-order valence-electron chi connectivity index (χ1n) is 0. The van der Waals surface area contributed by atoms with E-state index in [1.165, 1.54) is 0 Å². The average molecular weight is 200 g/mol. The fraction of sp³-hybridized carbons (Fsp3) is 0. The first-order chi connectivity index (χ1) is 0. The molecule has 0 amide bonds. The van der Waals surface area contributed by atoms with Crippen molar-refractivity contribution in [3.05, 3.63) is 0 Å². The van der Waals surface area contributed by atoms with Crippen LogP contribution in [-0.4, -0.2) is 258 Å². The van der Waals surface area contributed by atoms with Crippen molar-refractivity contribution in [1.29, 1.82) is 0 Å². The smallest absolute Gasteiger partial charge is 0 e. The summed E-state index contributed by atoms with van der Waals surface area (Å²) in [5.41, 5.74) is 0. The molecule has 0 nitrogen and oxygen atoms in total. The van der Waals surface area contributed by atoms with Gasteiger partial charge in [0.25, 0.3) is 0 Å². The summed E-state index contributed by atoms with van der Waals surface area (Å²) in [5, 5.41) is 0. The summed E-state index contributed by atoms with van der Waals surface area (Å²) in [6, 6.07) is 0. The Balaban J connectivity index is 0. The molecule has 0 aliphatic rings. The molecule has 0 unspecified atom stereocenters. The van der Waals surface area contributed by atoms with Crippen LogP contribution in [0.25, 0.3) is 0 Å². The minimum Gasteiger partial charge on any atom is 0 e. The fourth-order valence-electron chi connectivity index (χ4n) is 0. The summed E-state index contributed by atoms with van der Waals surface area (Å²) >= 11 is 0. The van der Waals surface area contributed by atoms with E-state index in [4.69, 9.17) is 0 Å². The van der Waals surface area contributed by atoms with Crippen molar-refractivity contribution in [3.8, 4) is 0 Å². The van der Waals surface area contributed by atoms with Crippen LogP contribution in [0.1, 0.15) is 0 Å². The van der Waals surface area contributed by atoms with Crippen LogP contribution >= 0.6 is 0 Å². The molecule has 0 fully saturated rings. The molecule has 8 radical (unpaired) electrons. The zero-order valence-corrected chi connectivity index (χ0v) is 25.1. The largest absolute Gasteiger partial charge is 0 e. The van der Waals surface area contributed by atoms with E-state index >= 15 is 0 Å². The van der Waals surface area contributed by atoms with E-state index in [0.29, 0.717) is 0 Å². The maximum absolute atomic E-state index is 0. The van der Waals surface area contributed by atoms with Crippen molar-refractivity contribution in [1.82, 2.24) is 0 Å². The topological polar surface area (TPSA) is 0 Å². The molecular formula is KNa7. The summed E-state index contributed by atoms with van der Waals surface area (Å²) in [6.07, 6.45) is 0. The van der Waals surface area contributed by atoms with Gasteiger partial charge < -0.3 is 0 Å². The molecular weight excluding hydrogens is 200 g/mol. The maximum atomic E-state index is 0. The van der Waals surface area contributed by atoms with Gasteiger partial charge >= 0.3 is 0 Å². The Hall–Kier alpha value is 8.64. The molecule has 0 aliphatic carbocycles. The molecule has 0 spiro atoms. The van der Waals surface area contributed by atoms with E-state index in [-0.39, 0.29) is 258 Å². The van der Waals surface area contributed by atoms with Gasteiger partial charge in [-0.2, -0.15) is 0 Å². The van der Waals surface area contributed by atoms with Gasteiger partial charge in [-0.1, -0.05) is 0 Å². The first-order valence-corrected chi connectivity index (χ1v) is 0. The molecule has 0 bridgehead atoms. The van der Waals surface area contributed by atoms with Crippen LogP contribution in [-0.2, 0) is 0 Å². The minimum absolute atomic E-state index is 0. The van der Waals surface area contributed by atoms with Crippen molar-refractivity contribution in [3.63, 3.8) is 0 Å². The second kappa shape index (κ2) is 44.9. The zero-order chi connectivity index (χ0) is 0. The minimum atomic E-state index is 0. The van der Waals surface area contributed by atoms with Crippen LogP contribution in [0.5, 0.6) is 0 Å². The van der Waals surface area contributed by atoms with Gasteiger partial charge in [-0.15, -0.1) is 0 Å². The molecule has 0 aromatic heterocycles. The van der Waals surface area contributed by atoms with Crippen LogP contribution < -0.4 is 0 Å². The molecule has 8 heavy (non-hydrogen) atoms. The van der Waals surface area contributed by atoms with Gasteiger partial charge in [0.2, 0.25) is 0 Å². The third kappa shape index (κ3) is 36.5. The Labute approximate surface area is 249 Å². The predicted molar refractivity (Wildman–Crippen MR) is 46.0 cm³/mol. The molecule has 0 saturated heterocycles. The molecule has 0 rings (SSSR count). The monoisotopic (exact) mass is 200 g/mol. The number of rotatable bonds is 0. The first kappa shape index (κ1) is 54.5. The molecule has 0 aromatic rings. The summed E-state index contributed by atoms with van der Waals surface area (Å²) in [4.78, 5) is 0. The quantitative estimate of drug-likeness (QED) is 0.364. The second-order valence-electron chi connectivity index (χ2n) is 0. The van der Waals surface area contributed by atoms with Crippen molar-refractivity contribution in [2.24, 2.45) is 0 Å². The van der Waals surface area contributed by atoms with E-state index in [9.17, 15) is 0 Å². The van der Waals surface area contributed by atoms with E-state index in [1.54, 1.807) is 0 Å². The Morgan fingerprint density at radius 1 is 0.250 bits per heavy atom. The second-order valence-corrected chi connectivity index (χ2v) is 0. The standard InChI is InChI=1S/K.7Na. The molecule has 0 aromatic carbocycles. The van der Waals surface area contributed by atoms with Crippen molar-refractivity contribution in [2.75, 3.05) is 0 Å². The maximum Gasteiger partial charge on any atom is 0 e. The molecule has 0 N–H and O–H groups in total. The Bertz CT molecular complexity index is 4.35. The number of hydrogen-bond donors (Lipinski definition) is 0. The van der Waals surface area contributed by atoms with Crippen LogP contribution in [0.4, 0.5) is 0 Å². The Morgan fingerprint density at radius 3 is 0.250 bits per heavy atom. The van der Waals surface area contributed by atoms with Crippen molar-refractivity contribution >= 4 is 258 Å². The van der Waals surface area contributed by atoms with Crippen LogP contribution in [0.3, 0.4) is 0 Å². The number of hydrogen-bond acceptors (Lipinski definition) is 0. The predicted octanol–water partition coefficient (Wildman–Crippen LogP) is -3.05. The van der Waals surface area contributed by atoms with Gasteiger partial charge in [0.1, 0.15) is 0 Å². The normalized spacial score (nSPS) is 0. The van der Waals surface area contributed by atoms with Crippen LogP contribution in [0, 0.1) is 0 Å². The average Bonchev–Trinajstić information content (AvgIpc) is 0. The third-order valence-electron chi connectivity index (χ3n) is 0. The van der Waals surface area contributed by atoms with E-state index < -0.39 is 0 Å². The summed E-state index contributed by atoms with van der Waals surface area (Å²) < 4.78 is 0. The molecule has 0 heterocycles. The molecule has 0 saturated carbocycles. The summed E-state index contributed by atoms with van der Waals surface area (Å²) in [5.74, 6) is 0. The van der Waals surface area contributed by atoms with E-state index in [0.717, 1.165) is 0 Å². The van der Waals surface area contributed by atoms with Gasteiger partial charge in [-0.05, 0) is 0 Å². The Morgan fingerprint density at radius 2 is 0.250 bits per heavy atom. The van der Waals surface area contributed by atoms with E-state index in [1.807, 2.05) is 0 Å². The van der Waals surface area contributed by atoms with Gasteiger partial charge in [0.15, 0.2) is 0 Å². The molecule has 8 valence electrons. The Kier molecular flexibility index (Phi) is 306. The molecule has 0 atom stereocenters. The van der Waals surface area contributed by atoms with Gasteiger partial charge in [0, 0.05) is 258 Å². The van der Waals surface area contributed by atoms with Gasteiger partial charge in [0.05, 0.1) is 0 Å². The van der Waals surface area contributed by atoms with Gasteiger partial charge in [-0.25, -0.2) is 0 Å². The SMILES string of the molecule is [K].[Na].[Na].[Na].[Na].[Na].[Na].[Na]. The van der Waals surface area contributed by atoms with Gasteiger partial charge in [-0.3, -0.25) is 0 Å². The van der Waals surface area contributed by atoms with Crippen LogP contribution in [0.15, 0.2) is 0 Å². The fourth-order valence-corrected chi connectivity index (χ4v) is 0. The van der Waals surface area contributed by atoms with E-state index in [2.05, 4.69) is 0 Å². The summed E-state index contributed by atoms with van der Waals surface area (Å²) in [7, 11) is 0. The third-order valence-corrected chi connectivity index (χ3v) is 0. The summed E-state index contributed by atoms with van der Waals surface area (Å²) in [6.45, 7) is 0.